The third-order valence-corrected chi connectivity index (χ3v) is 5.50. The topological polar surface area (TPSA) is 29.3 Å². The molecular formula is C16H24N2S. The van der Waals surface area contributed by atoms with Crippen LogP contribution in [0.1, 0.15) is 37.6 Å². The summed E-state index contributed by atoms with van der Waals surface area (Å²) in [4.78, 5) is 3.75. The van der Waals surface area contributed by atoms with E-state index in [9.17, 15) is 0 Å². The number of nitrogens with zero attached hydrogens (tertiary/aromatic N) is 1. The predicted molar refractivity (Wildman–Crippen MR) is 85.6 cm³/mol. The Bertz CT molecular complexity index is 557. The van der Waals surface area contributed by atoms with Gasteiger partial charge in [-0.15, -0.1) is 11.3 Å². The van der Waals surface area contributed by atoms with Crippen LogP contribution in [0.5, 0.6) is 0 Å². The maximum Gasteiger partial charge on any atom is 0.0349 e. The summed E-state index contributed by atoms with van der Waals surface area (Å²) in [5.41, 5.74) is 7.55. The van der Waals surface area contributed by atoms with Gasteiger partial charge < -0.3 is 5.73 Å². The zero-order valence-corrected chi connectivity index (χ0v) is 13.2. The molecule has 1 aromatic carbocycles. The molecule has 0 amide bonds. The van der Waals surface area contributed by atoms with Crippen molar-refractivity contribution < 1.29 is 0 Å². The average molecular weight is 276 g/mol. The highest BCUT2D eigenvalue weighted by Gasteiger charge is 2.23. The number of hydrogen-bond acceptors (Lipinski definition) is 3. The molecule has 0 aliphatic carbocycles. The molecule has 0 bridgehead atoms. The van der Waals surface area contributed by atoms with E-state index in [-0.39, 0.29) is 5.54 Å². The Hall–Kier alpha value is -0.900. The van der Waals surface area contributed by atoms with Crippen LogP contribution in [0, 0.1) is 0 Å². The molecule has 2 N–H and O–H groups in total. The van der Waals surface area contributed by atoms with Gasteiger partial charge in [-0.2, -0.15) is 0 Å². The lowest BCUT2D eigenvalue weighted by Gasteiger charge is -2.35. The van der Waals surface area contributed by atoms with Crippen LogP contribution in [-0.2, 0) is 13.1 Å². The molecule has 0 radical (unpaired) electrons. The first-order valence-electron chi connectivity index (χ1n) is 6.90. The normalized spacial score (nSPS) is 12.5. The van der Waals surface area contributed by atoms with Crippen LogP contribution in [-0.4, -0.2) is 17.5 Å². The minimum atomic E-state index is 0.217. The maximum atomic E-state index is 5.92. The van der Waals surface area contributed by atoms with Gasteiger partial charge in [0.2, 0.25) is 0 Å². The quantitative estimate of drug-likeness (QED) is 0.895. The van der Waals surface area contributed by atoms with E-state index in [1.807, 2.05) is 11.3 Å². The summed E-state index contributed by atoms with van der Waals surface area (Å²) in [6.45, 7) is 8.44. The molecule has 0 saturated heterocycles. The first kappa shape index (κ1) is 14.5. The minimum absolute atomic E-state index is 0.217. The second-order valence-electron chi connectivity index (χ2n) is 5.73. The summed E-state index contributed by atoms with van der Waals surface area (Å²) in [6.07, 6.45) is 1.14. The standard InChI is InChI=1S/C16H24N2S/c1-5-16(2,3)18(4)11-13-12-8-6-7-9-14(12)19-15(13)10-17/h6-9H,5,10-11,17H2,1-4H3. The van der Waals surface area contributed by atoms with Gasteiger partial charge >= 0.3 is 0 Å². The number of hydrogen-bond donors (Lipinski definition) is 1. The minimum Gasteiger partial charge on any atom is -0.326 e. The van der Waals surface area contributed by atoms with Gasteiger partial charge in [-0.1, -0.05) is 25.1 Å². The Morgan fingerprint density at radius 3 is 2.58 bits per heavy atom. The molecular weight excluding hydrogens is 252 g/mol. The van der Waals surface area contributed by atoms with Gasteiger partial charge in [-0.25, -0.2) is 0 Å². The Labute approximate surface area is 120 Å². The zero-order chi connectivity index (χ0) is 14.0. The van der Waals surface area contributed by atoms with E-state index in [0.717, 1.165) is 13.0 Å². The van der Waals surface area contributed by atoms with E-state index in [1.54, 1.807) is 0 Å². The molecule has 0 spiro atoms. The molecule has 0 saturated carbocycles. The Morgan fingerprint density at radius 2 is 1.95 bits per heavy atom. The van der Waals surface area contributed by atoms with Crippen molar-refractivity contribution in [2.24, 2.45) is 5.73 Å². The summed E-state index contributed by atoms with van der Waals surface area (Å²) in [5, 5.41) is 1.37. The van der Waals surface area contributed by atoms with E-state index in [2.05, 4.69) is 57.0 Å². The lowest BCUT2D eigenvalue weighted by atomic mass is 9.98. The summed E-state index contributed by atoms with van der Waals surface area (Å²) < 4.78 is 1.35. The number of thiophene rings is 1. The molecule has 1 aromatic heterocycles. The monoisotopic (exact) mass is 276 g/mol. The Balaban J connectivity index is 2.39. The van der Waals surface area contributed by atoms with Crippen LogP contribution in [0.15, 0.2) is 24.3 Å². The first-order valence-corrected chi connectivity index (χ1v) is 7.72. The largest absolute Gasteiger partial charge is 0.326 e. The fourth-order valence-corrected chi connectivity index (χ4v) is 3.30. The number of fused-ring (bicyclic) bond motifs is 1. The number of benzene rings is 1. The smallest absolute Gasteiger partial charge is 0.0349 e. The maximum absolute atomic E-state index is 5.92. The van der Waals surface area contributed by atoms with Gasteiger partial charge in [0.1, 0.15) is 0 Å². The Kier molecular flexibility index (Phi) is 4.29. The number of rotatable bonds is 5. The van der Waals surface area contributed by atoms with Crippen LogP contribution in [0.25, 0.3) is 10.1 Å². The van der Waals surface area contributed by atoms with Crippen LogP contribution >= 0.6 is 11.3 Å². The van der Waals surface area contributed by atoms with Gasteiger partial charge in [0, 0.05) is 28.2 Å². The van der Waals surface area contributed by atoms with Crippen LogP contribution in [0.3, 0.4) is 0 Å². The van der Waals surface area contributed by atoms with Gasteiger partial charge in [-0.05, 0) is 44.3 Å². The average Bonchev–Trinajstić information content (AvgIpc) is 2.77. The van der Waals surface area contributed by atoms with E-state index in [1.165, 1.54) is 20.5 Å². The van der Waals surface area contributed by atoms with Crippen molar-refractivity contribution in [3.63, 3.8) is 0 Å². The number of nitrogens with two attached hydrogens (primary N) is 1. The summed E-state index contributed by atoms with van der Waals surface area (Å²) in [7, 11) is 2.20. The zero-order valence-electron chi connectivity index (χ0n) is 12.4. The van der Waals surface area contributed by atoms with Crippen molar-refractivity contribution >= 4 is 21.4 Å². The second kappa shape index (κ2) is 5.61. The molecule has 2 nitrogen and oxygen atoms in total. The summed E-state index contributed by atoms with van der Waals surface area (Å²) >= 11 is 1.83. The molecule has 0 atom stereocenters. The third-order valence-electron chi connectivity index (χ3n) is 4.26. The molecule has 19 heavy (non-hydrogen) atoms. The third kappa shape index (κ3) is 2.83. The van der Waals surface area contributed by atoms with Crippen LogP contribution in [0.2, 0.25) is 0 Å². The fourth-order valence-electron chi connectivity index (χ4n) is 2.21. The van der Waals surface area contributed by atoms with Crippen molar-refractivity contribution in [1.29, 1.82) is 0 Å². The summed E-state index contributed by atoms with van der Waals surface area (Å²) in [5.74, 6) is 0. The molecule has 1 heterocycles. The highest BCUT2D eigenvalue weighted by molar-refractivity contribution is 7.19. The van der Waals surface area contributed by atoms with Gasteiger partial charge in [-0.3, -0.25) is 4.90 Å². The van der Waals surface area contributed by atoms with Gasteiger partial charge in [0.15, 0.2) is 0 Å². The van der Waals surface area contributed by atoms with Crippen LogP contribution < -0.4 is 5.73 Å². The van der Waals surface area contributed by atoms with E-state index in [0.29, 0.717) is 6.54 Å². The van der Waals surface area contributed by atoms with E-state index >= 15 is 0 Å². The van der Waals surface area contributed by atoms with Crippen molar-refractivity contribution in [2.45, 2.75) is 45.8 Å². The Morgan fingerprint density at radius 1 is 1.26 bits per heavy atom. The highest BCUT2D eigenvalue weighted by Crippen LogP contribution is 2.33. The second-order valence-corrected chi connectivity index (χ2v) is 6.86. The molecule has 0 fully saturated rings. The van der Waals surface area contributed by atoms with Crippen molar-refractivity contribution in [2.75, 3.05) is 7.05 Å². The molecule has 0 aliphatic heterocycles. The molecule has 2 aromatic rings. The molecule has 0 unspecified atom stereocenters. The van der Waals surface area contributed by atoms with E-state index < -0.39 is 0 Å². The summed E-state index contributed by atoms with van der Waals surface area (Å²) in [6, 6.07) is 8.62. The lowest BCUT2D eigenvalue weighted by Crippen LogP contribution is -2.39. The van der Waals surface area contributed by atoms with E-state index in [4.69, 9.17) is 5.73 Å². The first-order chi connectivity index (χ1) is 8.99. The highest BCUT2D eigenvalue weighted by atomic mass is 32.1. The fraction of sp³-hybridized carbons (Fsp3) is 0.500. The molecule has 104 valence electrons. The van der Waals surface area contributed by atoms with Gasteiger partial charge in [0.25, 0.3) is 0 Å². The molecule has 2 rings (SSSR count). The van der Waals surface area contributed by atoms with Crippen molar-refractivity contribution in [1.82, 2.24) is 4.90 Å². The SMILES string of the molecule is CCC(C)(C)N(C)Cc1c(CN)sc2ccccc12. The predicted octanol–water partition coefficient (Wildman–Crippen LogP) is 3.98. The van der Waals surface area contributed by atoms with Gasteiger partial charge in [0.05, 0.1) is 0 Å². The van der Waals surface area contributed by atoms with Crippen molar-refractivity contribution in [3.05, 3.63) is 34.7 Å². The lowest BCUT2D eigenvalue weighted by molar-refractivity contribution is 0.143. The molecule has 3 heteroatoms. The molecule has 0 aliphatic rings. The van der Waals surface area contributed by atoms with Crippen LogP contribution in [0.4, 0.5) is 0 Å². The van der Waals surface area contributed by atoms with Crippen molar-refractivity contribution in [3.8, 4) is 0 Å².